The zero-order chi connectivity index (χ0) is 30.6. The molecule has 0 aliphatic heterocycles. The molecule has 0 fully saturated rings. The summed E-state index contributed by atoms with van der Waals surface area (Å²) in [6.07, 6.45) is 6.59. The largest absolute Gasteiger partial charge is 0.493 e. The summed E-state index contributed by atoms with van der Waals surface area (Å²) in [5.41, 5.74) is 1.58. The summed E-state index contributed by atoms with van der Waals surface area (Å²) in [6, 6.07) is 14.2. The number of methoxy groups -OCH3 is 4. The van der Waals surface area contributed by atoms with Crippen LogP contribution in [0.4, 0.5) is 4.39 Å². The highest BCUT2D eigenvalue weighted by Crippen LogP contribution is 2.31. The zero-order valence-electron chi connectivity index (χ0n) is 23.8. The van der Waals surface area contributed by atoms with Crippen LogP contribution in [0.5, 0.6) is 23.0 Å². The quantitative estimate of drug-likeness (QED) is 0.204. The predicted octanol–water partition coefficient (Wildman–Crippen LogP) is 5.38. The predicted molar refractivity (Wildman–Crippen MR) is 158 cm³/mol. The molecule has 0 radical (unpaired) electrons. The fourth-order valence-corrected chi connectivity index (χ4v) is 4.19. The lowest BCUT2D eigenvalue weighted by Gasteiger charge is -2.25. The first-order valence-electron chi connectivity index (χ1n) is 12.8. The first-order chi connectivity index (χ1) is 20.2. The summed E-state index contributed by atoms with van der Waals surface area (Å²) in [5, 5.41) is 2.67. The maximum atomic E-state index is 13.7. The number of carbonyl (C=O) groups is 3. The molecule has 0 heterocycles. The van der Waals surface area contributed by atoms with E-state index >= 15 is 0 Å². The van der Waals surface area contributed by atoms with Gasteiger partial charge in [0.15, 0.2) is 34.6 Å². The normalized spacial score (nSPS) is 12.4. The Labute approximate surface area is 244 Å². The Kier molecular flexibility index (Phi) is 11.2. The maximum Gasteiger partial charge on any atom is 0.243 e. The highest BCUT2D eigenvalue weighted by Gasteiger charge is 2.34. The Morgan fingerprint density at radius 2 is 1.17 bits per heavy atom. The van der Waals surface area contributed by atoms with Crippen LogP contribution in [0.25, 0.3) is 12.2 Å². The van der Waals surface area contributed by atoms with Crippen molar-refractivity contribution in [3.05, 3.63) is 108 Å². The number of carbonyl (C=O) groups excluding carboxylic acids is 3. The van der Waals surface area contributed by atoms with Crippen molar-refractivity contribution >= 4 is 29.6 Å². The minimum Gasteiger partial charge on any atom is -0.493 e. The third-order valence-corrected chi connectivity index (χ3v) is 6.35. The number of rotatable bonds is 14. The highest BCUT2D eigenvalue weighted by atomic mass is 19.1. The van der Waals surface area contributed by atoms with E-state index in [1.807, 2.05) is 0 Å². The summed E-state index contributed by atoms with van der Waals surface area (Å²) >= 11 is 0. The first kappa shape index (κ1) is 31.3. The molecule has 9 heteroatoms. The van der Waals surface area contributed by atoms with Crippen LogP contribution in [0, 0.1) is 11.7 Å². The Bertz CT molecular complexity index is 1420. The van der Waals surface area contributed by atoms with Gasteiger partial charge in [-0.05, 0) is 71.3 Å². The molecule has 42 heavy (non-hydrogen) atoms. The van der Waals surface area contributed by atoms with Gasteiger partial charge in [0.25, 0.3) is 0 Å². The lowest BCUT2D eigenvalue weighted by molar-refractivity contribution is -0.129. The molecule has 1 atom stereocenters. The zero-order valence-corrected chi connectivity index (χ0v) is 23.8. The number of benzene rings is 3. The van der Waals surface area contributed by atoms with Crippen molar-refractivity contribution in [3.63, 3.8) is 0 Å². The van der Waals surface area contributed by atoms with Gasteiger partial charge in [0.2, 0.25) is 5.91 Å². The number of ether oxygens (including phenoxy) is 4. The van der Waals surface area contributed by atoms with Crippen molar-refractivity contribution in [2.75, 3.05) is 28.4 Å². The van der Waals surface area contributed by atoms with Crippen LogP contribution < -0.4 is 24.3 Å². The van der Waals surface area contributed by atoms with Crippen LogP contribution in [-0.4, -0.2) is 45.9 Å². The van der Waals surface area contributed by atoms with Gasteiger partial charge in [-0.1, -0.05) is 43.0 Å². The van der Waals surface area contributed by atoms with Crippen molar-refractivity contribution in [1.29, 1.82) is 0 Å². The van der Waals surface area contributed by atoms with E-state index in [2.05, 4.69) is 11.9 Å². The van der Waals surface area contributed by atoms with Gasteiger partial charge in [-0.25, -0.2) is 4.39 Å². The average Bonchev–Trinajstić information content (AvgIpc) is 3.02. The monoisotopic (exact) mass is 573 g/mol. The van der Waals surface area contributed by atoms with E-state index < -0.39 is 35.3 Å². The van der Waals surface area contributed by atoms with E-state index in [9.17, 15) is 18.8 Å². The molecule has 0 bridgehead atoms. The molecule has 218 valence electrons. The first-order valence-corrected chi connectivity index (χ1v) is 12.8. The van der Waals surface area contributed by atoms with Gasteiger partial charge in [-0.3, -0.25) is 14.4 Å². The minimum absolute atomic E-state index is 0.359. The van der Waals surface area contributed by atoms with Crippen LogP contribution in [0.15, 0.2) is 85.5 Å². The number of allylic oxidation sites excluding steroid dienone is 2. The van der Waals surface area contributed by atoms with Crippen molar-refractivity contribution in [2.24, 2.45) is 5.92 Å². The van der Waals surface area contributed by atoms with E-state index in [1.54, 1.807) is 36.4 Å². The fourth-order valence-electron chi connectivity index (χ4n) is 4.19. The molecule has 1 N–H and O–H groups in total. The molecule has 0 saturated heterocycles. The van der Waals surface area contributed by atoms with Crippen LogP contribution >= 0.6 is 0 Å². The molecule has 0 aliphatic carbocycles. The van der Waals surface area contributed by atoms with Gasteiger partial charge >= 0.3 is 0 Å². The highest BCUT2D eigenvalue weighted by molar-refractivity contribution is 6.14. The third-order valence-electron chi connectivity index (χ3n) is 6.35. The molecule has 1 amide bonds. The summed E-state index contributed by atoms with van der Waals surface area (Å²) in [4.78, 5) is 39.8. The second-order valence-electron chi connectivity index (χ2n) is 8.92. The summed E-state index contributed by atoms with van der Waals surface area (Å²) in [6.45, 7) is 3.47. The Balaban J connectivity index is 2.05. The van der Waals surface area contributed by atoms with E-state index in [0.29, 0.717) is 39.7 Å². The molecule has 3 aromatic rings. The third kappa shape index (κ3) is 7.94. The van der Waals surface area contributed by atoms with Gasteiger partial charge in [0.1, 0.15) is 11.7 Å². The molecule has 3 rings (SSSR count). The standard InChI is InChI=1S/C33H32FNO7/c1-6-31(38)35-33(23-11-13-24(34)14-12-23)32(25(36)15-7-21-9-17-27(39-2)29(19-21)41-4)26(37)16-8-22-10-18-28(40-3)30(20-22)42-5/h6-20,32-33H,1H2,2-5H3,(H,35,38). The molecule has 0 spiro atoms. The second kappa shape index (κ2) is 15.0. The molecule has 0 aliphatic rings. The van der Waals surface area contributed by atoms with Crippen molar-refractivity contribution in [3.8, 4) is 23.0 Å². The van der Waals surface area contributed by atoms with E-state index in [4.69, 9.17) is 18.9 Å². The van der Waals surface area contributed by atoms with Gasteiger partial charge in [-0.2, -0.15) is 0 Å². The van der Waals surface area contributed by atoms with E-state index in [-0.39, 0.29) is 0 Å². The van der Waals surface area contributed by atoms with Gasteiger partial charge in [-0.15, -0.1) is 0 Å². The van der Waals surface area contributed by atoms with E-state index in [1.165, 1.54) is 77.0 Å². The Morgan fingerprint density at radius 1 is 0.714 bits per heavy atom. The van der Waals surface area contributed by atoms with Crippen LogP contribution in [0.3, 0.4) is 0 Å². The van der Waals surface area contributed by atoms with E-state index in [0.717, 1.165) is 6.08 Å². The molecular formula is C33H32FNO7. The topological polar surface area (TPSA) is 100 Å². The summed E-state index contributed by atoms with van der Waals surface area (Å²) in [7, 11) is 6.00. The van der Waals surface area contributed by atoms with Crippen molar-refractivity contribution in [2.45, 2.75) is 6.04 Å². The number of nitrogens with one attached hydrogen (secondary N) is 1. The summed E-state index contributed by atoms with van der Waals surface area (Å²) in [5.74, 6) is -1.76. The molecular weight excluding hydrogens is 541 g/mol. The number of halogens is 1. The lowest BCUT2D eigenvalue weighted by Crippen LogP contribution is -2.39. The maximum absolute atomic E-state index is 13.7. The van der Waals surface area contributed by atoms with Crippen molar-refractivity contribution in [1.82, 2.24) is 5.32 Å². The second-order valence-corrected chi connectivity index (χ2v) is 8.92. The molecule has 8 nitrogen and oxygen atoms in total. The smallest absolute Gasteiger partial charge is 0.243 e. The Hall–Kier alpha value is -5.18. The van der Waals surface area contributed by atoms with Crippen LogP contribution in [0.1, 0.15) is 22.7 Å². The molecule has 0 aromatic heterocycles. The van der Waals surface area contributed by atoms with Crippen LogP contribution in [0.2, 0.25) is 0 Å². The number of ketones is 2. The number of hydrogen-bond donors (Lipinski definition) is 1. The minimum atomic E-state index is -1.40. The molecule has 0 saturated carbocycles. The van der Waals surface area contributed by atoms with Gasteiger partial charge in [0, 0.05) is 0 Å². The van der Waals surface area contributed by atoms with Crippen LogP contribution in [-0.2, 0) is 14.4 Å². The molecule has 3 aromatic carbocycles. The lowest BCUT2D eigenvalue weighted by atomic mass is 9.85. The summed E-state index contributed by atoms with van der Waals surface area (Å²) < 4.78 is 34.9. The number of hydrogen-bond acceptors (Lipinski definition) is 7. The SMILES string of the molecule is C=CC(=O)NC(c1ccc(F)cc1)C(C(=O)C=Cc1ccc(OC)c(OC)c1)C(=O)C=Cc1ccc(OC)c(OC)c1. The molecule has 1 unspecified atom stereocenters. The average molecular weight is 574 g/mol. The number of amides is 1. The fraction of sp³-hybridized carbons (Fsp3) is 0.182. The van der Waals surface area contributed by atoms with Crippen molar-refractivity contribution < 1.29 is 37.7 Å². The Morgan fingerprint density at radius 3 is 1.57 bits per heavy atom. The van der Waals surface area contributed by atoms with Gasteiger partial charge in [0.05, 0.1) is 34.5 Å². The van der Waals surface area contributed by atoms with Gasteiger partial charge < -0.3 is 24.3 Å².